The van der Waals surface area contributed by atoms with Crippen LogP contribution in [0.4, 0.5) is 5.69 Å². The summed E-state index contributed by atoms with van der Waals surface area (Å²) in [5, 5.41) is 2.85. The second-order valence-electron chi connectivity index (χ2n) is 3.40. The quantitative estimate of drug-likeness (QED) is 0.693. The number of hydrogen-bond acceptors (Lipinski definition) is 3. The van der Waals surface area contributed by atoms with E-state index in [9.17, 15) is 4.79 Å². The van der Waals surface area contributed by atoms with Crippen molar-refractivity contribution in [1.29, 1.82) is 0 Å². The second-order valence-corrected chi connectivity index (χ2v) is 3.40. The third-order valence-corrected chi connectivity index (χ3v) is 2.57. The molecule has 0 spiro atoms. The van der Waals surface area contributed by atoms with Crippen molar-refractivity contribution in [1.82, 2.24) is 9.55 Å². The van der Waals surface area contributed by atoms with Crippen LogP contribution in [0.3, 0.4) is 0 Å². The molecule has 70 valence electrons. The van der Waals surface area contributed by atoms with Gasteiger partial charge in [-0.15, -0.1) is 0 Å². The zero-order chi connectivity index (χ0) is 9.42. The minimum absolute atomic E-state index is 0.0532. The normalized spacial score (nSPS) is 20.0. The topological polar surface area (TPSA) is 46.9 Å². The maximum Gasteiger partial charge on any atom is 0.277 e. The van der Waals surface area contributed by atoms with Crippen molar-refractivity contribution in [2.24, 2.45) is 0 Å². The molecular weight excluding hydrogens is 166 g/mol. The van der Waals surface area contributed by atoms with Crippen LogP contribution >= 0.6 is 0 Å². The number of fused-ring (bicyclic) bond motifs is 1. The maximum absolute atomic E-state index is 11.8. The van der Waals surface area contributed by atoms with Gasteiger partial charge in [0.1, 0.15) is 11.5 Å². The van der Waals surface area contributed by atoms with E-state index < -0.39 is 0 Å². The van der Waals surface area contributed by atoms with E-state index in [1.54, 1.807) is 17.8 Å². The number of hydrogen-bond donors (Lipinski definition) is 1. The summed E-state index contributed by atoms with van der Waals surface area (Å²) in [6.45, 7) is 2.05. The first-order valence-corrected chi connectivity index (χ1v) is 4.52. The van der Waals surface area contributed by atoms with Crippen LogP contribution in [0.2, 0.25) is 0 Å². The first-order chi connectivity index (χ1) is 6.24. The van der Waals surface area contributed by atoms with Crippen molar-refractivity contribution in [3.8, 4) is 0 Å². The highest BCUT2D eigenvalue weighted by Crippen LogP contribution is 2.21. The summed E-state index contributed by atoms with van der Waals surface area (Å²) in [7, 11) is 1.74. The van der Waals surface area contributed by atoms with Crippen molar-refractivity contribution in [3.63, 3.8) is 0 Å². The summed E-state index contributed by atoms with van der Waals surface area (Å²) >= 11 is 0. The molecule has 1 N–H and O–H groups in total. The van der Waals surface area contributed by atoms with Crippen LogP contribution in [0, 0.1) is 0 Å². The minimum Gasteiger partial charge on any atom is -0.382 e. The SMILES string of the molecule is CNc1cnc2n(c1=O)[C@H](C)CC2. The molecule has 0 saturated heterocycles. The predicted octanol–water partition coefficient (Wildman–Crippen LogP) is 0.792. The Morgan fingerprint density at radius 1 is 1.69 bits per heavy atom. The summed E-state index contributed by atoms with van der Waals surface area (Å²) < 4.78 is 1.78. The van der Waals surface area contributed by atoms with Gasteiger partial charge in [-0.25, -0.2) is 4.98 Å². The largest absolute Gasteiger partial charge is 0.382 e. The van der Waals surface area contributed by atoms with E-state index in [-0.39, 0.29) is 5.56 Å². The van der Waals surface area contributed by atoms with Crippen molar-refractivity contribution in [3.05, 3.63) is 22.4 Å². The van der Waals surface area contributed by atoms with Crippen LogP contribution in [0.25, 0.3) is 0 Å². The molecule has 0 amide bonds. The summed E-state index contributed by atoms with van der Waals surface area (Å²) in [5.74, 6) is 0.913. The van der Waals surface area contributed by atoms with Crippen LogP contribution in [0.5, 0.6) is 0 Å². The molecule has 4 nitrogen and oxygen atoms in total. The fourth-order valence-electron chi connectivity index (χ4n) is 1.78. The number of anilines is 1. The highest BCUT2D eigenvalue weighted by Gasteiger charge is 2.21. The van der Waals surface area contributed by atoms with Gasteiger partial charge in [0.2, 0.25) is 0 Å². The van der Waals surface area contributed by atoms with Gasteiger partial charge in [-0.05, 0) is 13.3 Å². The number of aromatic nitrogens is 2. The van der Waals surface area contributed by atoms with E-state index in [2.05, 4.69) is 17.2 Å². The molecule has 0 aromatic carbocycles. The van der Waals surface area contributed by atoms with Crippen molar-refractivity contribution >= 4 is 5.69 Å². The third kappa shape index (κ3) is 1.13. The van der Waals surface area contributed by atoms with E-state index in [1.165, 1.54) is 0 Å². The van der Waals surface area contributed by atoms with E-state index in [1.807, 2.05) is 0 Å². The van der Waals surface area contributed by atoms with Gasteiger partial charge >= 0.3 is 0 Å². The zero-order valence-electron chi connectivity index (χ0n) is 7.87. The lowest BCUT2D eigenvalue weighted by molar-refractivity contribution is 0.560. The van der Waals surface area contributed by atoms with E-state index in [4.69, 9.17) is 0 Å². The van der Waals surface area contributed by atoms with Gasteiger partial charge in [0.05, 0.1) is 6.20 Å². The summed E-state index contributed by atoms with van der Waals surface area (Å²) in [4.78, 5) is 16.0. The molecular formula is C9H13N3O. The molecule has 1 aliphatic rings. The molecule has 13 heavy (non-hydrogen) atoms. The van der Waals surface area contributed by atoms with E-state index in [0.717, 1.165) is 18.7 Å². The average molecular weight is 179 g/mol. The van der Waals surface area contributed by atoms with Gasteiger partial charge in [-0.1, -0.05) is 0 Å². The fraction of sp³-hybridized carbons (Fsp3) is 0.556. The molecule has 0 aliphatic carbocycles. The van der Waals surface area contributed by atoms with Crippen LogP contribution in [-0.2, 0) is 6.42 Å². The van der Waals surface area contributed by atoms with Crippen LogP contribution in [-0.4, -0.2) is 16.6 Å². The molecule has 0 bridgehead atoms. The maximum atomic E-state index is 11.8. The Balaban J connectivity index is 2.63. The smallest absolute Gasteiger partial charge is 0.277 e. The van der Waals surface area contributed by atoms with Gasteiger partial charge < -0.3 is 5.32 Å². The Morgan fingerprint density at radius 2 is 2.46 bits per heavy atom. The fourth-order valence-corrected chi connectivity index (χ4v) is 1.78. The third-order valence-electron chi connectivity index (χ3n) is 2.57. The molecule has 2 rings (SSSR count). The first-order valence-electron chi connectivity index (χ1n) is 4.52. The molecule has 2 heterocycles. The van der Waals surface area contributed by atoms with Crippen molar-refractivity contribution in [2.45, 2.75) is 25.8 Å². The van der Waals surface area contributed by atoms with Crippen LogP contribution in [0.15, 0.2) is 11.0 Å². The molecule has 1 aromatic rings. The Kier molecular flexibility index (Phi) is 1.83. The molecule has 0 unspecified atom stereocenters. The zero-order valence-corrected chi connectivity index (χ0v) is 7.87. The lowest BCUT2D eigenvalue weighted by Crippen LogP contribution is -2.24. The van der Waals surface area contributed by atoms with Gasteiger partial charge in [0.25, 0.3) is 5.56 Å². The lowest BCUT2D eigenvalue weighted by Gasteiger charge is -2.09. The minimum atomic E-state index is 0.0532. The highest BCUT2D eigenvalue weighted by molar-refractivity contribution is 5.38. The van der Waals surface area contributed by atoms with Crippen LogP contribution in [0.1, 0.15) is 25.2 Å². The number of aryl methyl sites for hydroxylation is 1. The first kappa shape index (κ1) is 8.29. The standard InChI is InChI=1S/C9H13N3O/c1-6-3-4-8-11-5-7(10-2)9(13)12(6)8/h5-6,10H,3-4H2,1-2H3/t6-/m1/s1. The second kappa shape index (κ2) is 2.87. The molecule has 1 aliphatic heterocycles. The lowest BCUT2D eigenvalue weighted by atomic mass is 10.2. The molecule has 0 radical (unpaired) electrons. The highest BCUT2D eigenvalue weighted by atomic mass is 16.1. The Labute approximate surface area is 76.6 Å². The van der Waals surface area contributed by atoms with Crippen molar-refractivity contribution in [2.75, 3.05) is 12.4 Å². The molecule has 1 aromatic heterocycles. The molecule has 0 saturated carbocycles. The average Bonchev–Trinajstić information content (AvgIpc) is 2.49. The predicted molar refractivity (Wildman–Crippen MR) is 51.1 cm³/mol. The van der Waals surface area contributed by atoms with E-state index in [0.29, 0.717) is 11.7 Å². The van der Waals surface area contributed by atoms with E-state index >= 15 is 0 Å². The number of rotatable bonds is 1. The van der Waals surface area contributed by atoms with Gasteiger partial charge in [0, 0.05) is 19.5 Å². The van der Waals surface area contributed by atoms with Gasteiger partial charge in [0.15, 0.2) is 0 Å². The van der Waals surface area contributed by atoms with Gasteiger partial charge in [-0.3, -0.25) is 9.36 Å². The Hall–Kier alpha value is -1.32. The molecule has 4 heteroatoms. The molecule has 0 fully saturated rings. The summed E-state index contributed by atoms with van der Waals surface area (Å²) in [6, 6.07) is 0.295. The number of nitrogens with one attached hydrogen (secondary N) is 1. The van der Waals surface area contributed by atoms with Gasteiger partial charge in [-0.2, -0.15) is 0 Å². The van der Waals surface area contributed by atoms with Crippen molar-refractivity contribution < 1.29 is 0 Å². The Morgan fingerprint density at radius 3 is 3.15 bits per heavy atom. The Bertz CT molecular complexity index is 383. The monoisotopic (exact) mass is 179 g/mol. The van der Waals surface area contributed by atoms with Crippen LogP contribution < -0.4 is 10.9 Å². The summed E-state index contributed by atoms with van der Waals surface area (Å²) in [6.07, 6.45) is 3.56. The molecule has 1 atom stereocenters. The number of nitrogens with zero attached hydrogens (tertiary/aromatic N) is 2. The summed E-state index contributed by atoms with van der Waals surface area (Å²) in [5.41, 5.74) is 0.634.